The predicted molar refractivity (Wildman–Crippen MR) is 82.8 cm³/mol. The molecule has 2 aromatic rings. The van der Waals surface area contributed by atoms with Gasteiger partial charge in [-0.05, 0) is 39.0 Å². The molecule has 4 nitrogen and oxygen atoms in total. The minimum Gasteiger partial charge on any atom is -0.391 e. The second-order valence-corrected chi connectivity index (χ2v) is 8.93. The molecule has 20 heavy (non-hydrogen) atoms. The van der Waals surface area contributed by atoms with Gasteiger partial charge in [0.25, 0.3) is 0 Å². The Hall–Kier alpha value is -0.730. The van der Waals surface area contributed by atoms with Crippen LogP contribution in [0.15, 0.2) is 23.1 Å². The fourth-order valence-electron chi connectivity index (χ4n) is 1.91. The maximum Gasteiger partial charge on any atom is 0.242 e. The molecule has 0 radical (unpaired) electrons. The molecular weight excluding hydrogens is 314 g/mol. The molecule has 0 amide bonds. The quantitative estimate of drug-likeness (QED) is 0.885. The predicted octanol–water partition coefficient (Wildman–Crippen LogP) is 2.96. The highest BCUT2D eigenvalue weighted by Crippen LogP contribution is 2.28. The first-order valence-corrected chi connectivity index (χ1v) is 9.24. The van der Waals surface area contributed by atoms with E-state index in [1.54, 1.807) is 18.3 Å². The van der Waals surface area contributed by atoms with Crippen LogP contribution < -0.4 is 4.72 Å². The molecule has 0 spiro atoms. The third-order valence-electron chi connectivity index (χ3n) is 2.89. The summed E-state index contributed by atoms with van der Waals surface area (Å²) in [6, 6.07) is 5.18. The number of aliphatic hydroxyl groups excluding tert-OH is 1. The van der Waals surface area contributed by atoms with Crippen LogP contribution in [0.4, 0.5) is 0 Å². The molecule has 0 aliphatic rings. The van der Waals surface area contributed by atoms with Crippen molar-refractivity contribution < 1.29 is 13.5 Å². The summed E-state index contributed by atoms with van der Waals surface area (Å²) in [4.78, 5) is 3.74. The zero-order valence-corrected chi connectivity index (χ0v) is 14.0. The van der Waals surface area contributed by atoms with Gasteiger partial charge in [0.2, 0.25) is 10.0 Å². The molecule has 2 heterocycles. The summed E-state index contributed by atoms with van der Waals surface area (Å²) in [6.07, 6.45) is 0. The van der Waals surface area contributed by atoms with E-state index >= 15 is 0 Å². The smallest absolute Gasteiger partial charge is 0.242 e. The normalized spacial score (nSPS) is 13.6. The van der Waals surface area contributed by atoms with Crippen molar-refractivity contribution in [2.75, 3.05) is 0 Å². The molecule has 1 atom stereocenters. The Morgan fingerprint density at radius 3 is 2.50 bits per heavy atom. The largest absolute Gasteiger partial charge is 0.391 e. The van der Waals surface area contributed by atoms with Gasteiger partial charge < -0.3 is 5.11 Å². The fraction of sp³-hybridized carbons (Fsp3) is 0.385. The second-order valence-electron chi connectivity index (χ2n) is 4.58. The van der Waals surface area contributed by atoms with Crippen molar-refractivity contribution in [1.29, 1.82) is 0 Å². The van der Waals surface area contributed by atoms with E-state index in [2.05, 4.69) is 4.72 Å². The molecule has 0 saturated carbocycles. The Balaban J connectivity index is 2.24. The summed E-state index contributed by atoms with van der Waals surface area (Å²) in [5.74, 6) is 0. The van der Waals surface area contributed by atoms with Crippen LogP contribution in [0.2, 0.25) is 0 Å². The average Bonchev–Trinajstić information content (AvgIpc) is 2.95. The molecule has 2 aromatic heterocycles. The summed E-state index contributed by atoms with van der Waals surface area (Å²) in [5, 5.41) is 9.10. The van der Waals surface area contributed by atoms with E-state index in [4.69, 9.17) is 5.11 Å². The Kier molecular flexibility index (Phi) is 4.66. The zero-order valence-electron chi connectivity index (χ0n) is 11.5. The summed E-state index contributed by atoms with van der Waals surface area (Å²) in [6.45, 7) is 5.43. The van der Waals surface area contributed by atoms with Crippen molar-refractivity contribution in [3.63, 3.8) is 0 Å². The van der Waals surface area contributed by atoms with Crippen molar-refractivity contribution in [3.8, 4) is 0 Å². The van der Waals surface area contributed by atoms with Crippen LogP contribution in [0, 0.1) is 13.8 Å². The molecule has 0 fully saturated rings. The average molecular weight is 331 g/mol. The van der Waals surface area contributed by atoms with Gasteiger partial charge in [-0.25, -0.2) is 13.1 Å². The SMILES string of the molecule is Cc1ccc(C(C)NS(=O)(=O)c2cc(CO)sc2C)s1. The second kappa shape index (κ2) is 5.95. The molecule has 1 unspecified atom stereocenters. The van der Waals surface area contributed by atoms with E-state index in [0.717, 1.165) is 9.75 Å². The number of aryl methyl sites for hydroxylation is 2. The topological polar surface area (TPSA) is 66.4 Å². The van der Waals surface area contributed by atoms with Gasteiger partial charge in [-0.3, -0.25) is 0 Å². The first kappa shape index (κ1) is 15.7. The number of nitrogens with one attached hydrogen (secondary N) is 1. The molecule has 7 heteroatoms. The summed E-state index contributed by atoms with van der Waals surface area (Å²) in [7, 11) is -3.56. The summed E-state index contributed by atoms with van der Waals surface area (Å²) < 4.78 is 27.5. The Morgan fingerprint density at radius 1 is 1.30 bits per heavy atom. The molecule has 0 aliphatic carbocycles. The lowest BCUT2D eigenvalue weighted by molar-refractivity contribution is 0.285. The highest BCUT2D eigenvalue weighted by molar-refractivity contribution is 7.89. The van der Waals surface area contributed by atoms with E-state index < -0.39 is 10.0 Å². The molecule has 110 valence electrons. The lowest BCUT2D eigenvalue weighted by Gasteiger charge is -2.12. The first-order chi connectivity index (χ1) is 9.33. The lowest BCUT2D eigenvalue weighted by Crippen LogP contribution is -2.26. The number of rotatable bonds is 5. The van der Waals surface area contributed by atoms with Crippen molar-refractivity contribution >= 4 is 32.7 Å². The zero-order chi connectivity index (χ0) is 14.9. The van der Waals surface area contributed by atoms with Crippen LogP contribution in [-0.2, 0) is 16.6 Å². The highest BCUT2D eigenvalue weighted by atomic mass is 32.2. The molecule has 0 aromatic carbocycles. The van der Waals surface area contributed by atoms with Crippen LogP contribution in [0.1, 0.15) is 32.5 Å². The van der Waals surface area contributed by atoms with Gasteiger partial charge in [-0.2, -0.15) is 0 Å². The van der Waals surface area contributed by atoms with Crippen LogP contribution in [0.25, 0.3) is 0 Å². The first-order valence-electron chi connectivity index (χ1n) is 6.12. The van der Waals surface area contributed by atoms with Gasteiger partial charge in [-0.1, -0.05) is 0 Å². The van der Waals surface area contributed by atoms with Gasteiger partial charge in [0.05, 0.1) is 17.5 Å². The number of aliphatic hydroxyl groups is 1. The van der Waals surface area contributed by atoms with Crippen LogP contribution in [0.3, 0.4) is 0 Å². The molecule has 2 rings (SSSR count). The van der Waals surface area contributed by atoms with Gasteiger partial charge in [-0.15, -0.1) is 22.7 Å². The minimum atomic E-state index is -3.56. The fourth-order valence-corrected chi connectivity index (χ4v) is 5.58. The molecule has 0 aliphatic heterocycles. The van der Waals surface area contributed by atoms with Gasteiger partial charge in [0.15, 0.2) is 0 Å². The molecule has 0 saturated heterocycles. The van der Waals surface area contributed by atoms with Gasteiger partial charge in [0, 0.05) is 19.5 Å². The standard InChI is InChI=1S/C13H17NO3S3/c1-8-4-5-12(18-8)9(2)14-20(16,17)13-6-11(7-15)19-10(13)3/h4-6,9,14-15H,7H2,1-3H3. The van der Waals surface area contributed by atoms with Gasteiger partial charge >= 0.3 is 0 Å². The summed E-state index contributed by atoms with van der Waals surface area (Å²) >= 11 is 2.88. The molecule has 2 N–H and O–H groups in total. The Morgan fingerprint density at radius 2 is 2.00 bits per heavy atom. The van der Waals surface area contributed by atoms with E-state index in [1.165, 1.54) is 17.4 Å². The van der Waals surface area contributed by atoms with Crippen molar-refractivity contribution in [3.05, 3.63) is 37.7 Å². The molecular formula is C13H17NO3S3. The van der Waals surface area contributed by atoms with E-state index in [-0.39, 0.29) is 17.5 Å². The highest BCUT2D eigenvalue weighted by Gasteiger charge is 2.23. The lowest BCUT2D eigenvalue weighted by atomic mass is 10.3. The van der Waals surface area contributed by atoms with Gasteiger partial charge in [0.1, 0.15) is 0 Å². The number of sulfonamides is 1. The minimum absolute atomic E-state index is 0.138. The van der Waals surface area contributed by atoms with Crippen molar-refractivity contribution in [2.45, 2.75) is 38.3 Å². The van der Waals surface area contributed by atoms with Crippen LogP contribution in [-0.4, -0.2) is 13.5 Å². The van der Waals surface area contributed by atoms with Crippen molar-refractivity contribution in [1.82, 2.24) is 4.72 Å². The third-order valence-corrected chi connectivity index (χ3v) is 6.90. The Bertz CT molecular complexity index is 700. The van der Waals surface area contributed by atoms with Crippen molar-refractivity contribution in [2.24, 2.45) is 0 Å². The number of thiophene rings is 2. The van der Waals surface area contributed by atoms with Crippen LogP contribution in [0.5, 0.6) is 0 Å². The third kappa shape index (κ3) is 3.29. The van der Waals surface area contributed by atoms with E-state index in [1.807, 2.05) is 26.0 Å². The maximum atomic E-state index is 12.4. The summed E-state index contributed by atoms with van der Waals surface area (Å²) in [5.41, 5.74) is 0. The number of hydrogen-bond acceptors (Lipinski definition) is 5. The molecule has 0 bridgehead atoms. The maximum absolute atomic E-state index is 12.4. The Labute approximate surface area is 127 Å². The number of hydrogen-bond donors (Lipinski definition) is 2. The van der Waals surface area contributed by atoms with E-state index in [9.17, 15) is 8.42 Å². The van der Waals surface area contributed by atoms with Crippen LogP contribution >= 0.6 is 22.7 Å². The monoisotopic (exact) mass is 331 g/mol. The van der Waals surface area contributed by atoms with E-state index in [0.29, 0.717) is 9.75 Å².